The fourth-order valence-corrected chi connectivity index (χ4v) is 3.14. The van der Waals surface area contributed by atoms with Crippen LogP contribution in [0, 0.1) is 13.8 Å². The van der Waals surface area contributed by atoms with Gasteiger partial charge >= 0.3 is 5.97 Å². The van der Waals surface area contributed by atoms with E-state index in [1.807, 2.05) is 51.1 Å². The molecule has 0 spiro atoms. The molecule has 0 aliphatic rings. The largest absolute Gasteiger partial charge is 0.493 e. The molecule has 1 aromatic heterocycles. The van der Waals surface area contributed by atoms with E-state index in [0.717, 1.165) is 35.6 Å². The maximum absolute atomic E-state index is 9.82. The van der Waals surface area contributed by atoms with E-state index in [1.54, 1.807) is 6.92 Å². The van der Waals surface area contributed by atoms with Gasteiger partial charge in [-0.1, -0.05) is 51.5 Å². The molecule has 0 saturated carbocycles. The highest BCUT2D eigenvalue weighted by Crippen LogP contribution is 2.23. The number of nitrogens with zero attached hydrogens (tertiary/aromatic N) is 1. The van der Waals surface area contributed by atoms with Gasteiger partial charge < -0.3 is 13.9 Å². The molecule has 0 aliphatic carbocycles. The number of rotatable bonds is 8. The fraction of sp³-hybridized carbons (Fsp3) is 0.429. The van der Waals surface area contributed by atoms with Crippen LogP contribution in [-0.4, -0.2) is 24.2 Å². The first-order chi connectivity index (χ1) is 15.9. The number of esters is 1. The lowest BCUT2D eigenvalue weighted by molar-refractivity contribution is -0.140. The van der Waals surface area contributed by atoms with Crippen molar-refractivity contribution in [3.8, 4) is 17.2 Å². The molecule has 3 aromatic rings. The van der Waals surface area contributed by atoms with Crippen LogP contribution in [0.1, 0.15) is 63.6 Å². The third-order valence-corrected chi connectivity index (χ3v) is 4.69. The van der Waals surface area contributed by atoms with Crippen LogP contribution in [0.15, 0.2) is 52.9 Å². The average Bonchev–Trinajstić information content (AvgIpc) is 3.18. The summed E-state index contributed by atoms with van der Waals surface area (Å²) in [5.74, 6) is 2.27. The molecular formula is C28H39NO4. The van der Waals surface area contributed by atoms with Crippen LogP contribution in [0.25, 0.3) is 11.5 Å². The van der Waals surface area contributed by atoms with Crippen molar-refractivity contribution >= 4 is 5.97 Å². The van der Waals surface area contributed by atoms with Gasteiger partial charge in [-0.3, -0.25) is 4.79 Å². The summed E-state index contributed by atoms with van der Waals surface area (Å²) in [5, 5.41) is 0. The summed E-state index contributed by atoms with van der Waals surface area (Å²) in [5.41, 5.74) is 4.62. The third kappa shape index (κ3) is 9.94. The second kappa shape index (κ2) is 15.7. The average molecular weight is 454 g/mol. The Labute approximate surface area is 199 Å². The Morgan fingerprint density at radius 2 is 1.70 bits per heavy atom. The van der Waals surface area contributed by atoms with Crippen LogP contribution in [0.5, 0.6) is 5.75 Å². The SMILES string of the molecule is CC.CCCc1ccc(OCCc2oc(-c3ccccc3)nc2C)cc1C.CCOC(C)=O. The lowest BCUT2D eigenvalue weighted by atomic mass is 10.0. The van der Waals surface area contributed by atoms with Gasteiger partial charge in [-0.15, -0.1) is 0 Å². The lowest BCUT2D eigenvalue weighted by Crippen LogP contribution is -2.02. The molecule has 0 unspecified atom stereocenters. The molecule has 0 radical (unpaired) electrons. The highest BCUT2D eigenvalue weighted by Gasteiger charge is 2.11. The maximum atomic E-state index is 9.82. The minimum atomic E-state index is -0.211. The number of hydrogen-bond donors (Lipinski definition) is 0. The zero-order valence-corrected chi connectivity index (χ0v) is 21.2. The summed E-state index contributed by atoms with van der Waals surface area (Å²) in [6, 6.07) is 16.3. The van der Waals surface area contributed by atoms with E-state index in [2.05, 4.69) is 41.8 Å². The highest BCUT2D eigenvalue weighted by atomic mass is 16.5. The Hall–Kier alpha value is -3.08. The molecule has 1 heterocycles. The number of ether oxygens (including phenoxy) is 2. The number of oxazole rings is 1. The van der Waals surface area contributed by atoms with Gasteiger partial charge in [0.2, 0.25) is 5.89 Å². The number of carbonyl (C=O) groups is 1. The Balaban J connectivity index is 0.000000593. The second-order valence-electron chi connectivity index (χ2n) is 7.25. The van der Waals surface area contributed by atoms with Crippen LogP contribution >= 0.6 is 0 Å². The molecule has 33 heavy (non-hydrogen) atoms. The van der Waals surface area contributed by atoms with E-state index in [0.29, 0.717) is 25.5 Å². The van der Waals surface area contributed by atoms with Crippen molar-refractivity contribution in [3.05, 3.63) is 71.1 Å². The van der Waals surface area contributed by atoms with Crippen molar-refractivity contribution in [2.24, 2.45) is 0 Å². The summed E-state index contributed by atoms with van der Waals surface area (Å²) in [6.45, 7) is 14.6. The molecule has 180 valence electrons. The molecule has 5 nitrogen and oxygen atoms in total. The molecule has 0 atom stereocenters. The summed E-state index contributed by atoms with van der Waals surface area (Å²) >= 11 is 0. The number of hydrogen-bond acceptors (Lipinski definition) is 5. The number of aryl methyl sites for hydroxylation is 3. The van der Waals surface area contributed by atoms with E-state index in [1.165, 1.54) is 18.1 Å². The smallest absolute Gasteiger partial charge is 0.302 e. The van der Waals surface area contributed by atoms with Crippen LogP contribution in [0.4, 0.5) is 0 Å². The van der Waals surface area contributed by atoms with Gasteiger partial charge in [0.05, 0.1) is 18.9 Å². The molecule has 3 rings (SSSR count). The van der Waals surface area contributed by atoms with Gasteiger partial charge in [-0.05, 0) is 62.6 Å². The Morgan fingerprint density at radius 1 is 1.00 bits per heavy atom. The summed E-state index contributed by atoms with van der Waals surface area (Å²) in [4.78, 5) is 14.4. The van der Waals surface area contributed by atoms with Crippen LogP contribution in [-0.2, 0) is 22.4 Å². The summed E-state index contributed by atoms with van der Waals surface area (Å²) < 4.78 is 16.2. The molecule has 5 heteroatoms. The molecule has 0 saturated heterocycles. The second-order valence-corrected chi connectivity index (χ2v) is 7.25. The highest BCUT2D eigenvalue weighted by molar-refractivity contribution is 5.65. The van der Waals surface area contributed by atoms with Crippen molar-refractivity contribution in [2.75, 3.05) is 13.2 Å². The van der Waals surface area contributed by atoms with Crippen molar-refractivity contribution in [1.29, 1.82) is 0 Å². The summed E-state index contributed by atoms with van der Waals surface area (Å²) in [7, 11) is 0. The van der Waals surface area contributed by atoms with Crippen molar-refractivity contribution in [3.63, 3.8) is 0 Å². The molecule has 2 aromatic carbocycles. The van der Waals surface area contributed by atoms with Gasteiger partial charge in [-0.25, -0.2) is 4.98 Å². The Bertz CT molecular complexity index is 948. The van der Waals surface area contributed by atoms with E-state index >= 15 is 0 Å². The normalized spacial score (nSPS) is 9.79. The quantitative estimate of drug-likeness (QED) is 0.340. The van der Waals surface area contributed by atoms with E-state index in [9.17, 15) is 4.79 Å². The predicted molar refractivity (Wildman–Crippen MR) is 135 cm³/mol. The van der Waals surface area contributed by atoms with E-state index in [-0.39, 0.29) is 5.97 Å². The minimum absolute atomic E-state index is 0.211. The van der Waals surface area contributed by atoms with Crippen molar-refractivity contribution in [2.45, 2.75) is 67.7 Å². The minimum Gasteiger partial charge on any atom is -0.493 e. The van der Waals surface area contributed by atoms with Gasteiger partial charge in [0.15, 0.2) is 0 Å². The molecule has 0 aliphatic heterocycles. The first-order valence-electron chi connectivity index (χ1n) is 11.8. The first-order valence-corrected chi connectivity index (χ1v) is 11.8. The van der Waals surface area contributed by atoms with Gasteiger partial charge in [0.1, 0.15) is 11.5 Å². The molecule has 0 N–H and O–H groups in total. The van der Waals surface area contributed by atoms with Crippen LogP contribution in [0.3, 0.4) is 0 Å². The van der Waals surface area contributed by atoms with Gasteiger partial charge in [0.25, 0.3) is 0 Å². The van der Waals surface area contributed by atoms with Gasteiger partial charge in [-0.2, -0.15) is 0 Å². The summed E-state index contributed by atoms with van der Waals surface area (Å²) in [6.07, 6.45) is 2.99. The van der Waals surface area contributed by atoms with Crippen LogP contribution in [0.2, 0.25) is 0 Å². The first kappa shape index (κ1) is 28.0. The molecule has 0 amide bonds. The van der Waals surface area contributed by atoms with Crippen molar-refractivity contribution < 1.29 is 18.7 Å². The van der Waals surface area contributed by atoms with Crippen molar-refractivity contribution in [1.82, 2.24) is 4.98 Å². The topological polar surface area (TPSA) is 61.6 Å². The monoisotopic (exact) mass is 453 g/mol. The number of carbonyl (C=O) groups excluding carboxylic acids is 1. The van der Waals surface area contributed by atoms with Gasteiger partial charge in [0, 0.05) is 18.9 Å². The molecule has 0 bridgehead atoms. The molecule has 0 fully saturated rings. The zero-order valence-electron chi connectivity index (χ0n) is 21.2. The van der Waals surface area contributed by atoms with E-state index in [4.69, 9.17) is 9.15 Å². The third-order valence-electron chi connectivity index (χ3n) is 4.69. The Morgan fingerprint density at radius 3 is 2.24 bits per heavy atom. The lowest BCUT2D eigenvalue weighted by Gasteiger charge is -2.09. The zero-order chi connectivity index (χ0) is 24.6. The van der Waals surface area contributed by atoms with Crippen LogP contribution < -0.4 is 4.74 Å². The number of aromatic nitrogens is 1. The Kier molecular flexibility index (Phi) is 13.3. The number of benzene rings is 2. The molecular weight excluding hydrogens is 414 g/mol. The standard InChI is InChI=1S/C22H25NO2.C4H8O2.C2H6/c1-4-8-18-11-12-20(15-16(18)2)24-14-13-21-17(3)23-22(25-21)19-9-6-5-7-10-19;1-3-6-4(2)5;1-2/h5-7,9-12,15H,4,8,13-14H2,1-3H3;3H2,1-2H3;1-2H3. The maximum Gasteiger partial charge on any atom is 0.302 e. The van der Waals surface area contributed by atoms with E-state index < -0.39 is 0 Å². The fourth-order valence-electron chi connectivity index (χ4n) is 3.14. The predicted octanol–water partition coefficient (Wildman–Crippen LogP) is 7.13.